The molecule has 4 rings (SSSR count). The van der Waals surface area contributed by atoms with E-state index in [1.54, 1.807) is 42.5 Å². The Morgan fingerprint density at radius 3 is 2.25 bits per heavy atom. The number of hydrogen-bond acceptors (Lipinski definition) is 9. The molecular weight excluding hydrogens is 569 g/mol. The highest BCUT2D eigenvalue weighted by Gasteiger charge is 2.37. The Hall–Kier alpha value is -4.04. The Kier molecular flexibility index (Phi) is 8.69. The summed E-state index contributed by atoms with van der Waals surface area (Å²) in [5.41, 5.74) is 0.986. The van der Waals surface area contributed by atoms with Gasteiger partial charge in [-0.2, -0.15) is 21.6 Å². The number of ether oxygens (including phenoxy) is 3. The molecule has 0 amide bonds. The number of nitrogens with zero attached hydrogens (tertiary/aromatic N) is 3. The molecule has 0 aliphatic rings. The molecule has 1 N–H and O–H groups in total. The summed E-state index contributed by atoms with van der Waals surface area (Å²) in [5, 5.41) is 3.42. The van der Waals surface area contributed by atoms with Gasteiger partial charge in [0.15, 0.2) is 10.8 Å². The molecule has 0 fully saturated rings. The number of sulfonamides is 1. The van der Waals surface area contributed by atoms with E-state index in [0.29, 0.717) is 34.4 Å². The van der Waals surface area contributed by atoms with Gasteiger partial charge in [0.2, 0.25) is 0 Å². The molecule has 4 aromatic rings. The van der Waals surface area contributed by atoms with Gasteiger partial charge in [-0.1, -0.05) is 12.1 Å². The number of rotatable bonds is 11. The Morgan fingerprint density at radius 2 is 1.65 bits per heavy atom. The zero-order chi connectivity index (χ0) is 28.9. The molecule has 0 saturated carbocycles. The average molecular weight is 595 g/mol. The molecule has 2 aromatic heterocycles. The van der Waals surface area contributed by atoms with Crippen LogP contribution in [0.15, 0.2) is 70.6 Å². The maximum Gasteiger partial charge on any atom is 0.418 e. The number of halogens is 3. The maximum atomic E-state index is 14.1. The molecule has 0 atom stereocenters. The maximum absolute atomic E-state index is 14.1. The largest absolute Gasteiger partial charge is 0.497 e. The number of nitrogens with one attached hydrogen (secondary N) is 1. The second-order valence-electron chi connectivity index (χ2n) is 8.30. The summed E-state index contributed by atoms with van der Waals surface area (Å²) in [6, 6.07) is 12.0. The minimum atomic E-state index is -4.87. The number of benzene rings is 2. The molecule has 0 saturated heterocycles. The molecule has 0 radical (unpaired) electrons. The van der Waals surface area contributed by atoms with Crippen molar-refractivity contribution in [1.29, 1.82) is 0 Å². The van der Waals surface area contributed by atoms with E-state index in [1.807, 2.05) is 0 Å². The zero-order valence-corrected chi connectivity index (χ0v) is 23.2. The van der Waals surface area contributed by atoms with Gasteiger partial charge in [0, 0.05) is 23.6 Å². The summed E-state index contributed by atoms with van der Waals surface area (Å²) >= 11 is 1.15. The zero-order valence-electron chi connectivity index (χ0n) is 21.6. The van der Waals surface area contributed by atoms with Crippen molar-refractivity contribution in [2.24, 2.45) is 0 Å². The van der Waals surface area contributed by atoms with Crippen molar-refractivity contribution in [3.05, 3.63) is 82.3 Å². The molecule has 40 heavy (non-hydrogen) atoms. The van der Waals surface area contributed by atoms with Gasteiger partial charge in [0.25, 0.3) is 10.0 Å². The van der Waals surface area contributed by atoms with Crippen LogP contribution in [0.5, 0.6) is 17.2 Å². The molecule has 0 aliphatic heterocycles. The first kappa shape index (κ1) is 29.0. The highest BCUT2D eigenvalue weighted by molar-refractivity contribution is 7.92. The Balaban J connectivity index is 1.68. The van der Waals surface area contributed by atoms with E-state index in [1.165, 1.54) is 32.2 Å². The summed E-state index contributed by atoms with van der Waals surface area (Å²) < 4.78 is 86.2. The number of thiazole rings is 1. The first-order valence-electron chi connectivity index (χ1n) is 11.6. The van der Waals surface area contributed by atoms with Crippen LogP contribution in [0, 0.1) is 0 Å². The second kappa shape index (κ2) is 12.0. The van der Waals surface area contributed by atoms with E-state index in [4.69, 9.17) is 14.2 Å². The molecule has 2 aromatic carbocycles. The van der Waals surface area contributed by atoms with E-state index in [0.717, 1.165) is 21.8 Å². The molecule has 9 nitrogen and oxygen atoms in total. The lowest BCUT2D eigenvalue weighted by molar-refractivity contribution is -0.137. The highest BCUT2D eigenvalue weighted by Crippen LogP contribution is 2.37. The highest BCUT2D eigenvalue weighted by atomic mass is 32.2. The monoisotopic (exact) mass is 594 g/mol. The summed E-state index contributed by atoms with van der Waals surface area (Å²) in [4.78, 5) is 7.99. The van der Waals surface area contributed by atoms with Gasteiger partial charge >= 0.3 is 6.18 Å². The van der Waals surface area contributed by atoms with Crippen LogP contribution in [0.25, 0.3) is 0 Å². The van der Waals surface area contributed by atoms with Crippen LogP contribution < -0.4 is 23.8 Å². The molecule has 14 heteroatoms. The third-order valence-electron chi connectivity index (χ3n) is 5.86. The van der Waals surface area contributed by atoms with Gasteiger partial charge in [0.1, 0.15) is 17.2 Å². The summed E-state index contributed by atoms with van der Waals surface area (Å²) in [7, 11) is -0.139. The van der Waals surface area contributed by atoms with Gasteiger partial charge in [-0.25, -0.2) is 14.3 Å². The van der Waals surface area contributed by atoms with E-state index >= 15 is 0 Å². The van der Waals surface area contributed by atoms with Crippen molar-refractivity contribution in [2.75, 3.05) is 31.0 Å². The van der Waals surface area contributed by atoms with Crippen molar-refractivity contribution in [3.63, 3.8) is 0 Å². The second-order valence-corrected chi connectivity index (χ2v) is 10.8. The quantitative estimate of drug-likeness (QED) is 0.240. The van der Waals surface area contributed by atoms with Gasteiger partial charge in [-0.3, -0.25) is 0 Å². The van der Waals surface area contributed by atoms with Crippen LogP contribution in [0.3, 0.4) is 0 Å². The standard InChI is InChI=1S/C26H25F3N4O5S2/c1-36-19-7-4-17(5-8-19)14-33(24-15-39-16-32-24)40(34,35)25-11-21(26(27,28)29)22(13-31-25)30-12-18-6-9-20(37-2)10-23(18)38-3/h4-11,13,15-16,30H,12,14H2,1-3H3. The lowest BCUT2D eigenvalue weighted by Gasteiger charge is -2.23. The van der Waals surface area contributed by atoms with Crippen LogP contribution in [0.2, 0.25) is 0 Å². The van der Waals surface area contributed by atoms with Crippen LogP contribution in [0.1, 0.15) is 16.7 Å². The topological polar surface area (TPSA) is 103 Å². The minimum absolute atomic E-state index is 0.0492. The number of alkyl halides is 3. The predicted molar refractivity (Wildman–Crippen MR) is 145 cm³/mol. The number of methoxy groups -OCH3 is 3. The Morgan fingerprint density at radius 1 is 0.950 bits per heavy atom. The Bertz CT molecular complexity index is 1550. The number of pyridine rings is 1. The lowest BCUT2D eigenvalue weighted by Crippen LogP contribution is -2.32. The Labute approximate surface area is 233 Å². The average Bonchev–Trinajstić information content (AvgIpc) is 3.49. The van der Waals surface area contributed by atoms with Gasteiger partial charge in [0.05, 0.1) is 50.8 Å². The molecule has 212 valence electrons. The van der Waals surface area contributed by atoms with Gasteiger partial charge in [-0.15, -0.1) is 11.3 Å². The van der Waals surface area contributed by atoms with Crippen molar-refractivity contribution in [3.8, 4) is 17.2 Å². The third-order valence-corrected chi connectivity index (χ3v) is 8.08. The minimum Gasteiger partial charge on any atom is -0.497 e. The van der Waals surface area contributed by atoms with Crippen molar-refractivity contribution in [2.45, 2.75) is 24.3 Å². The number of anilines is 2. The lowest BCUT2D eigenvalue weighted by atomic mass is 10.1. The van der Waals surface area contributed by atoms with Crippen LogP contribution >= 0.6 is 11.3 Å². The fourth-order valence-corrected chi connectivity index (χ4v) is 5.72. The molecule has 2 heterocycles. The van der Waals surface area contributed by atoms with Crippen LogP contribution in [0.4, 0.5) is 24.7 Å². The molecule has 0 bridgehead atoms. The fraction of sp³-hybridized carbons (Fsp3) is 0.231. The molecular formula is C26H25F3N4O5S2. The molecule has 0 spiro atoms. The molecule has 0 unspecified atom stereocenters. The fourth-order valence-electron chi connectivity index (χ4n) is 3.77. The van der Waals surface area contributed by atoms with Crippen LogP contribution in [-0.4, -0.2) is 39.7 Å². The summed E-state index contributed by atoms with van der Waals surface area (Å²) in [5.74, 6) is 1.56. The van der Waals surface area contributed by atoms with Crippen LogP contribution in [-0.2, 0) is 29.3 Å². The van der Waals surface area contributed by atoms with Gasteiger partial charge < -0.3 is 19.5 Å². The SMILES string of the molecule is COc1ccc(CN(c2cscn2)S(=O)(=O)c2cc(C(F)(F)F)c(NCc3ccc(OC)cc3OC)cn2)cc1. The number of hydrogen-bond donors (Lipinski definition) is 1. The van der Waals surface area contributed by atoms with Gasteiger partial charge in [-0.05, 0) is 35.9 Å². The van der Waals surface area contributed by atoms with Crippen molar-refractivity contribution in [1.82, 2.24) is 9.97 Å². The normalized spacial score (nSPS) is 11.7. The summed E-state index contributed by atoms with van der Waals surface area (Å²) in [6.45, 7) is -0.233. The van der Waals surface area contributed by atoms with E-state index in [9.17, 15) is 21.6 Å². The summed E-state index contributed by atoms with van der Waals surface area (Å²) in [6.07, 6.45) is -4.01. The van der Waals surface area contributed by atoms with E-state index < -0.39 is 26.8 Å². The third kappa shape index (κ3) is 6.39. The first-order valence-corrected chi connectivity index (χ1v) is 14.0. The van der Waals surface area contributed by atoms with Crippen molar-refractivity contribution >= 4 is 32.9 Å². The first-order chi connectivity index (χ1) is 19.1. The predicted octanol–water partition coefficient (Wildman–Crippen LogP) is 5.59. The molecule has 0 aliphatic carbocycles. The van der Waals surface area contributed by atoms with E-state index in [2.05, 4.69) is 15.3 Å². The van der Waals surface area contributed by atoms with E-state index in [-0.39, 0.29) is 24.6 Å². The number of aromatic nitrogens is 2. The smallest absolute Gasteiger partial charge is 0.418 e. The van der Waals surface area contributed by atoms with Crippen molar-refractivity contribution < 1.29 is 35.8 Å².